The maximum Gasteiger partial charge on any atom is 0.124 e. The predicted molar refractivity (Wildman–Crippen MR) is 67.4 cm³/mol. The lowest BCUT2D eigenvalue weighted by Gasteiger charge is -2.19. The van der Waals surface area contributed by atoms with Crippen LogP contribution in [-0.4, -0.2) is 11.8 Å². The molecule has 1 aliphatic rings. The lowest BCUT2D eigenvalue weighted by molar-refractivity contribution is 0.509. The molecule has 16 heavy (non-hydrogen) atoms. The van der Waals surface area contributed by atoms with Gasteiger partial charge in [-0.25, -0.2) is 4.39 Å². The van der Waals surface area contributed by atoms with Crippen molar-refractivity contribution in [3.05, 3.63) is 29.6 Å². The molecule has 0 amide bonds. The zero-order valence-electron chi connectivity index (χ0n) is 9.79. The lowest BCUT2D eigenvalue weighted by Crippen LogP contribution is -2.27. The molecule has 1 aliphatic heterocycles. The van der Waals surface area contributed by atoms with E-state index in [-0.39, 0.29) is 5.82 Å². The van der Waals surface area contributed by atoms with Gasteiger partial charge < -0.3 is 5.32 Å². The van der Waals surface area contributed by atoms with E-state index in [4.69, 9.17) is 0 Å². The van der Waals surface area contributed by atoms with Crippen LogP contribution in [0.4, 0.5) is 4.39 Å². The van der Waals surface area contributed by atoms with Gasteiger partial charge in [0, 0.05) is 16.2 Å². The zero-order valence-corrected chi connectivity index (χ0v) is 10.6. The number of fused-ring (bicyclic) bond motifs is 1. The van der Waals surface area contributed by atoms with E-state index in [2.05, 4.69) is 19.2 Å². The first-order valence-corrected chi connectivity index (χ1v) is 6.83. The Bertz CT molecular complexity index is 367. The first kappa shape index (κ1) is 11.9. The van der Waals surface area contributed by atoms with Crippen molar-refractivity contribution in [2.24, 2.45) is 0 Å². The van der Waals surface area contributed by atoms with Crippen LogP contribution in [0.15, 0.2) is 23.1 Å². The van der Waals surface area contributed by atoms with Crippen molar-refractivity contribution in [3.8, 4) is 0 Å². The SMILES string of the molecule is CCCNC1c2ccc(F)cc2SC1CC. The largest absolute Gasteiger partial charge is 0.309 e. The third-order valence-corrected chi connectivity index (χ3v) is 4.49. The van der Waals surface area contributed by atoms with Gasteiger partial charge in [-0.15, -0.1) is 11.8 Å². The Kier molecular flexibility index (Phi) is 3.87. The summed E-state index contributed by atoms with van der Waals surface area (Å²) in [5, 5.41) is 4.11. The quantitative estimate of drug-likeness (QED) is 0.858. The van der Waals surface area contributed by atoms with Crippen LogP contribution in [0.3, 0.4) is 0 Å². The summed E-state index contributed by atoms with van der Waals surface area (Å²) in [6.07, 6.45) is 2.25. The summed E-state index contributed by atoms with van der Waals surface area (Å²) in [4.78, 5) is 1.11. The number of nitrogens with one attached hydrogen (secondary N) is 1. The summed E-state index contributed by atoms with van der Waals surface area (Å²) in [5.41, 5.74) is 1.27. The molecule has 0 radical (unpaired) electrons. The second-order valence-electron chi connectivity index (χ2n) is 4.18. The smallest absolute Gasteiger partial charge is 0.124 e. The van der Waals surface area contributed by atoms with E-state index in [1.54, 1.807) is 23.9 Å². The van der Waals surface area contributed by atoms with Crippen molar-refractivity contribution in [2.45, 2.75) is 42.9 Å². The molecular formula is C13H18FNS. The standard InChI is InChI=1S/C13H18FNS/c1-3-7-15-13-10-6-5-9(14)8-12(10)16-11(13)4-2/h5-6,8,11,13,15H,3-4,7H2,1-2H3. The normalized spacial score (nSPS) is 23.4. The monoisotopic (exact) mass is 239 g/mol. The van der Waals surface area contributed by atoms with Gasteiger partial charge in [-0.3, -0.25) is 0 Å². The van der Waals surface area contributed by atoms with Crippen LogP contribution < -0.4 is 5.32 Å². The van der Waals surface area contributed by atoms with Gasteiger partial charge in [0.05, 0.1) is 0 Å². The summed E-state index contributed by atoms with van der Waals surface area (Å²) >= 11 is 1.81. The van der Waals surface area contributed by atoms with Gasteiger partial charge in [0.15, 0.2) is 0 Å². The molecular weight excluding hydrogens is 221 g/mol. The van der Waals surface area contributed by atoms with E-state index in [1.807, 2.05) is 6.07 Å². The Morgan fingerprint density at radius 1 is 1.38 bits per heavy atom. The molecule has 88 valence electrons. The van der Waals surface area contributed by atoms with E-state index in [0.29, 0.717) is 11.3 Å². The van der Waals surface area contributed by atoms with Crippen LogP contribution in [0, 0.1) is 5.82 Å². The molecule has 0 bridgehead atoms. The third kappa shape index (κ3) is 2.25. The number of rotatable bonds is 4. The van der Waals surface area contributed by atoms with Gasteiger partial charge in [0.2, 0.25) is 0 Å². The molecule has 3 heteroatoms. The molecule has 0 spiro atoms. The molecule has 2 rings (SSSR count). The van der Waals surface area contributed by atoms with Crippen LogP contribution in [0.25, 0.3) is 0 Å². The van der Waals surface area contributed by atoms with Crippen LogP contribution in [-0.2, 0) is 0 Å². The minimum atomic E-state index is -0.128. The molecule has 0 aromatic heterocycles. The highest BCUT2D eigenvalue weighted by Crippen LogP contribution is 2.45. The molecule has 1 nitrogen and oxygen atoms in total. The second kappa shape index (κ2) is 5.19. The van der Waals surface area contributed by atoms with Crippen molar-refractivity contribution in [1.82, 2.24) is 5.32 Å². The van der Waals surface area contributed by atoms with Crippen LogP contribution >= 0.6 is 11.8 Å². The lowest BCUT2D eigenvalue weighted by atomic mass is 10.0. The molecule has 0 aliphatic carbocycles. The van der Waals surface area contributed by atoms with Crippen molar-refractivity contribution in [3.63, 3.8) is 0 Å². The van der Waals surface area contributed by atoms with Gasteiger partial charge >= 0.3 is 0 Å². The van der Waals surface area contributed by atoms with Gasteiger partial charge in [-0.05, 0) is 37.1 Å². The number of benzene rings is 1. The number of halogens is 1. The Labute approximate surface area is 101 Å². The summed E-state index contributed by atoms with van der Waals surface area (Å²) in [5.74, 6) is -0.128. The maximum absolute atomic E-state index is 13.1. The summed E-state index contributed by atoms with van der Waals surface area (Å²) in [7, 11) is 0. The number of hydrogen-bond acceptors (Lipinski definition) is 2. The Balaban J connectivity index is 2.22. The van der Waals surface area contributed by atoms with Gasteiger partial charge in [-0.1, -0.05) is 19.9 Å². The van der Waals surface area contributed by atoms with E-state index in [9.17, 15) is 4.39 Å². The average molecular weight is 239 g/mol. The van der Waals surface area contributed by atoms with Gasteiger partial charge in [0.1, 0.15) is 5.82 Å². The zero-order chi connectivity index (χ0) is 11.5. The molecule has 1 aromatic carbocycles. The second-order valence-corrected chi connectivity index (χ2v) is 5.46. The van der Waals surface area contributed by atoms with Gasteiger partial charge in [-0.2, -0.15) is 0 Å². The Morgan fingerprint density at radius 3 is 2.88 bits per heavy atom. The summed E-state index contributed by atoms with van der Waals surface area (Å²) in [6.45, 7) is 5.39. The molecule has 2 atom stereocenters. The highest BCUT2D eigenvalue weighted by atomic mass is 32.2. The predicted octanol–water partition coefficient (Wildman–Crippen LogP) is 3.75. The van der Waals surface area contributed by atoms with E-state index < -0.39 is 0 Å². The van der Waals surface area contributed by atoms with Crippen LogP contribution in [0.1, 0.15) is 38.3 Å². The van der Waals surface area contributed by atoms with Crippen LogP contribution in [0.2, 0.25) is 0 Å². The summed E-state index contributed by atoms with van der Waals surface area (Å²) < 4.78 is 13.1. The maximum atomic E-state index is 13.1. The fraction of sp³-hybridized carbons (Fsp3) is 0.538. The molecule has 1 heterocycles. The van der Waals surface area contributed by atoms with Crippen LogP contribution in [0.5, 0.6) is 0 Å². The van der Waals surface area contributed by atoms with Gasteiger partial charge in [0.25, 0.3) is 0 Å². The first-order valence-electron chi connectivity index (χ1n) is 5.95. The fourth-order valence-corrected chi connectivity index (χ4v) is 3.54. The van der Waals surface area contributed by atoms with E-state index in [1.165, 1.54) is 5.56 Å². The Morgan fingerprint density at radius 2 is 2.19 bits per heavy atom. The molecule has 0 saturated heterocycles. The van der Waals surface area contributed by atoms with Crippen molar-refractivity contribution < 1.29 is 4.39 Å². The Hall–Kier alpha value is -0.540. The average Bonchev–Trinajstić information content (AvgIpc) is 2.63. The van der Waals surface area contributed by atoms with Crippen molar-refractivity contribution in [1.29, 1.82) is 0 Å². The molecule has 2 unspecified atom stereocenters. The number of hydrogen-bond donors (Lipinski definition) is 1. The molecule has 0 fully saturated rings. The highest BCUT2D eigenvalue weighted by molar-refractivity contribution is 8.00. The molecule has 1 aromatic rings. The highest BCUT2D eigenvalue weighted by Gasteiger charge is 2.31. The van der Waals surface area contributed by atoms with Crippen molar-refractivity contribution in [2.75, 3.05) is 6.54 Å². The topological polar surface area (TPSA) is 12.0 Å². The minimum absolute atomic E-state index is 0.128. The minimum Gasteiger partial charge on any atom is -0.309 e. The number of thioether (sulfide) groups is 1. The summed E-state index contributed by atoms with van der Waals surface area (Å²) in [6, 6.07) is 5.56. The first-order chi connectivity index (χ1) is 7.76. The van der Waals surface area contributed by atoms with E-state index >= 15 is 0 Å². The molecule has 1 N–H and O–H groups in total. The fourth-order valence-electron chi connectivity index (χ4n) is 2.16. The molecule has 0 saturated carbocycles. The van der Waals surface area contributed by atoms with Crippen molar-refractivity contribution >= 4 is 11.8 Å². The van der Waals surface area contributed by atoms with E-state index in [0.717, 1.165) is 24.3 Å². The third-order valence-electron chi connectivity index (χ3n) is 2.98.